The molecule has 0 atom stereocenters. The third kappa shape index (κ3) is 7.40. The maximum absolute atomic E-state index is 11.8. The van der Waals surface area contributed by atoms with Crippen LogP contribution in [0.25, 0.3) is 0 Å². The Kier molecular flexibility index (Phi) is 9.60. The summed E-state index contributed by atoms with van der Waals surface area (Å²) in [7, 11) is 0. The summed E-state index contributed by atoms with van der Waals surface area (Å²) >= 11 is 0. The SMILES string of the molecule is CCNC(=NCCN1CCCCCC1)NC1CCN(C(=O)OCC)CC1. The maximum Gasteiger partial charge on any atom is 0.409 e. The van der Waals surface area contributed by atoms with Gasteiger partial charge in [0, 0.05) is 32.2 Å². The van der Waals surface area contributed by atoms with Crippen LogP contribution in [-0.4, -0.2) is 80.3 Å². The van der Waals surface area contributed by atoms with Gasteiger partial charge >= 0.3 is 6.09 Å². The molecule has 0 saturated carbocycles. The highest BCUT2D eigenvalue weighted by atomic mass is 16.6. The average molecular weight is 368 g/mol. The van der Waals surface area contributed by atoms with E-state index >= 15 is 0 Å². The average Bonchev–Trinajstić information content (AvgIpc) is 2.91. The number of hydrogen-bond donors (Lipinski definition) is 2. The lowest BCUT2D eigenvalue weighted by atomic mass is 10.1. The molecule has 2 rings (SSSR count). The number of ether oxygens (including phenoxy) is 1. The zero-order valence-corrected chi connectivity index (χ0v) is 16.6. The van der Waals surface area contributed by atoms with Crippen molar-refractivity contribution in [2.24, 2.45) is 4.99 Å². The number of nitrogens with one attached hydrogen (secondary N) is 2. The predicted octanol–water partition coefficient (Wildman–Crippen LogP) is 2.04. The Morgan fingerprint density at radius 1 is 1.08 bits per heavy atom. The van der Waals surface area contributed by atoms with Crippen molar-refractivity contribution in [3.8, 4) is 0 Å². The molecule has 0 spiro atoms. The van der Waals surface area contributed by atoms with Crippen molar-refractivity contribution in [2.75, 3.05) is 52.4 Å². The summed E-state index contributed by atoms with van der Waals surface area (Å²) in [5.74, 6) is 0.900. The second kappa shape index (κ2) is 12.0. The lowest BCUT2D eigenvalue weighted by molar-refractivity contribution is 0.0963. The molecule has 150 valence electrons. The van der Waals surface area contributed by atoms with E-state index in [0.717, 1.165) is 51.5 Å². The number of likely N-dealkylation sites (tertiary alicyclic amines) is 2. The fourth-order valence-corrected chi connectivity index (χ4v) is 3.60. The van der Waals surface area contributed by atoms with Gasteiger partial charge in [-0.2, -0.15) is 0 Å². The Balaban J connectivity index is 1.74. The van der Waals surface area contributed by atoms with Gasteiger partial charge in [-0.15, -0.1) is 0 Å². The van der Waals surface area contributed by atoms with Crippen molar-refractivity contribution >= 4 is 12.1 Å². The van der Waals surface area contributed by atoms with Crippen molar-refractivity contribution in [3.63, 3.8) is 0 Å². The molecule has 7 heteroatoms. The van der Waals surface area contributed by atoms with E-state index in [1.54, 1.807) is 4.90 Å². The molecule has 0 aliphatic carbocycles. The van der Waals surface area contributed by atoms with Crippen LogP contribution in [0.1, 0.15) is 52.4 Å². The van der Waals surface area contributed by atoms with Crippen molar-refractivity contribution in [1.29, 1.82) is 0 Å². The zero-order chi connectivity index (χ0) is 18.6. The van der Waals surface area contributed by atoms with Crippen LogP contribution in [-0.2, 0) is 4.74 Å². The number of amides is 1. The van der Waals surface area contributed by atoms with E-state index in [4.69, 9.17) is 9.73 Å². The first-order valence-corrected chi connectivity index (χ1v) is 10.4. The summed E-state index contributed by atoms with van der Waals surface area (Å²) in [6.45, 7) is 11.0. The maximum atomic E-state index is 11.8. The second-order valence-corrected chi connectivity index (χ2v) is 7.12. The largest absolute Gasteiger partial charge is 0.450 e. The van der Waals surface area contributed by atoms with Crippen molar-refractivity contribution in [2.45, 2.75) is 58.4 Å². The molecule has 0 bridgehead atoms. The molecule has 1 amide bonds. The van der Waals surface area contributed by atoms with Crippen LogP contribution in [0.4, 0.5) is 4.79 Å². The van der Waals surface area contributed by atoms with Crippen LogP contribution in [0.5, 0.6) is 0 Å². The second-order valence-electron chi connectivity index (χ2n) is 7.12. The van der Waals surface area contributed by atoms with Crippen LogP contribution >= 0.6 is 0 Å². The van der Waals surface area contributed by atoms with E-state index in [0.29, 0.717) is 12.6 Å². The monoisotopic (exact) mass is 367 g/mol. The number of nitrogens with zero attached hydrogens (tertiary/aromatic N) is 3. The molecule has 2 fully saturated rings. The number of carbonyl (C=O) groups is 1. The quantitative estimate of drug-likeness (QED) is 0.555. The van der Waals surface area contributed by atoms with Gasteiger partial charge in [-0.1, -0.05) is 12.8 Å². The normalized spacial score (nSPS) is 20.5. The minimum atomic E-state index is -0.191. The Morgan fingerprint density at radius 2 is 1.77 bits per heavy atom. The highest BCUT2D eigenvalue weighted by molar-refractivity contribution is 5.80. The van der Waals surface area contributed by atoms with Crippen LogP contribution < -0.4 is 10.6 Å². The van der Waals surface area contributed by atoms with E-state index in [2.05, 4.69) is 22.5 Å². The zero-order valence-electron chi connectivity index (χ0n) is 16.6. The number of piperidine rings is 1. The topological polar surface area (TPSA) is 69.2 Å². The van der Waals surface area contributed by atoms with Gasteiger partial charge in [0.15, 0.2) is 5.96 Å². The molecular weight excluding hydrogens is 330 g/mol. The molecule has 0 aromatic rings. The number of hydrogen-bond acceptors (Lipinski definition) is 4. The molecule has 2 saturated heterocycles. The molecule has 0 unspecified atom stereocenters. The predicted molar refractivity (Wildman–Crippen MR) is 106 cm³/mol. The van der Waals surface area contributed by atoms with Crippen molar-refractivity contribution < 1.29 is 9.53 Å². The number of rotatable bonds is 6. The van der Waals surface area contributed by atoms with Crippen LogP contribution in [0.2, 0.25) is 0 Å². The molecule has 26 heavy (non-hydrogen) atoms. The molecule has 0 radical (unpaired) electrons. The van der Waals surface area contributed by atoms with Crippen LogP contribution in [0.15, 0.2) is 4.99 Å². The molecule has 7 nitrogen and oxygen atoms in total. The van der Waals surface area contributed by atoms with Gasteiger partial charge in [0.25, 0.3) is 0 Å². The van der Waals surface area contributed by atoms with E-state index in [9.17, 15) is 4.79 Å². The minimum Gasteiger partial charge on any atom is -0.450 e. The summed E-state index contributed by atoms with van der Waals surface area (Å²) in [6, 6.07) is 0.358. The highest BCUT2D eigenvalue weighted by Gasteiger charge is 2.24. The van der Waals surface area contributed by atoms with Crippen molar-refractivity contribution in [3.05, 3.63) is 0 Å². The summed E-state index contributed by atoms with van der Waals surface area (Å²) in [5.41, 5.74) is 0. The molecule has 0 aromatic carbocycles. The number of guanidine groups is 1. The summed E-state index contributed by atoms with van der Waals surface area (Å²) in [4.78, 5) is 20.9. The van der Waals surface area contributed by atoms with Gasteiger partial charge in [0.1, 0.15) is 0 Å². The van der Waals surface area contributed by atoms with E-state index in [1.165, 1.54) is 38.8 Å². The third-order valence-electron chi connectivity index (χ3n) is 5.09. The lowest BCUT2D eigenvalue weighted by Gasteiger charge is -2.32. The van der Waals surface area contributed by atoms with Gasteiger partial charge in [0.05, 0.1) is 13.2 Å². The Labute approximate surface area is 158 Å². The summed E-state index contributed by atoms with van der Waals surface area (Å²) in [6.07, 6.45) is 7.04. The van der Waals surface area contributed by atoms with E-state index in [1.807, 2.05) is 6.92 Å². The van der Waals surface area contributed by atoms with Gasteiger partial charge < -0.3 is 25.2 Å². The number of aliphatic imine (C=N–C) groups is 1. The first-order chi connectivity index (χ1) is 12.7. The Morgan fingerprint density at radius 3 is 2.38 bits per heavy atom. The minimum absolute atomic E-state index is 0.191. The Hall–Kier alpha value is -1.50. The molecule has 2 heterocycles. The Bertz CT molecular complexity index is 428. The first kappa shape index (κ1) is 20.8. The van der Waals surface area contributed by atoms with E-state index in [-0.39, 0.29) is 6.09 Å². The van der Waals surface area contributed by atoms with Gasteiger partial charge in [0.2, 0.25) is 0 Å². The molecule has 2 N–H and O–H groups in total. The molecule has 0 aromatic heterocycles. The fraction of sp³-hybridized carbons (Fsp3) is 0.895. The molecular formula is C19H37N5O2. The third-order valence-corrected chi connectivity index (χ3v) is 5.09. The summed E-state index contributed by atoms with van der Waals surface area (Å²) < 4.78 is 5.08. The van der Waals surface area contributed by atoms with Gasteiger partial charge in [-0.3, -0.25) is 4.99 Å². The summed E-state index contributed by atoms with van der Waals surface area (Å²) in [5, 5.41) is 6.89. The van der Waals surface area contributed by atoms with Gasteiger partial charge in [-0.25, -0.2) is 4.79 Å². The van der Waals surface area contributed by atoms with Gasteiger partial charge in [-0.05, 0) is 52.6 Å². The molecule has 2 aliphatic rings. The van der Waals surface area contributed by atoms with Crippen LogP contribution in [0.3, 0.4) is 0 Å². The van der Waals surface area contributed by atoms with Crippen LogP contribution in [0, 0.1) is 0 Å². The first-order valence-electron chi connectivity index (χ1n) is 10.4. The highest BCUT2D eigenvalue weighted by Crippen LogP contribution is 2.12. The smallest absolute Gasteiger partial charge is 0.409 e. The van der Waals surface area contributed by atoms with E-state index < -0.39 is 0 Å². The number of carbonyl (C=O) groups excluding carboxylic acids is 1. The van der Waals surface area contributed by atoms with Crippen molar-refractivity contribution in [1.82, 2.24) is 20.4 Å². The molecule has 2 aliphatic heterocycles. The lowest BCUT2D eigenvalue weighted by Crippen LogP contribution is -2.50. The standard InChI is InChI=1S/C19H37N5O2/c1-3-20-18(21-11-16-23-12-7-5-6-8-13-23)22-17-9-14-24(15-10-17)19(25)26-4-2/h17H,3-16H2,1-2H3,(H2,20,21,22). The fourth-order valence-electron chi connectivity index (χ4n) is 3.60.